The fraction of sp³-hybridized carbons (Fsp3) is 0.333. The van der Waals surface area contributed by atoms with E-state index in [2.05, 4.69) is 4.74 Å². The number of anilines is 1. The number of nitrogen functional groups attached to an aromatic ring is 1. The molecule has 1 aromatic carbocycles. The number of halogens is 4. The number of rotatable bonds is 4. The molecule has 3 nitrogen and oxygen atoms in total. The summed E-state index contributed by atoms with van der Waals surface area (Å²) in [7, 11) is 0. The Balaban J connectivity index is 2.38. The molecule has 90 valence electrons. The van der Waals surface area contributed by atoms with Crippen molar-refractivity contribution in [3.05, 3.63) is 24.0 Å². The van der Waals surface area contributed by atoms with Crippen LogP contribution in [0.3, 0.4) is 0 Å². The molecular weight excluding hydrogens is 230 g/mol. The summed E-state index contributed by atoms with van der Waals surface area (Å²) in [6, 6.07) is 3.29. The first-order valence-electron chi connectivity index (χ1n) is 4.21. The first kappa shape index (κ1) is 12.6. The Bertz CT molecular complexity index is 354. The number of ether oxygens (including phenoxy) is 2. The van der Waals surface area contributed by atoms with Gasteiger partial charge < -0.3 is 15.2 Å². The maximum atomic E-state index is 12.6. The van der Waals surface area contributed by atoms with Crippen LogP contribution >= 0.6 is 0 Å². The van der Waals surface area contributed by atoms with Crippen LogP contribution in [-0.4, -0.2) is 19.6 Å². The molecule has 0 heterocycles. The monoisotopic (exact) mass is 239 g/mol. The van der Waals surface area contributed by atoms with Gasteiger partial charge in [0, 0.05) is 6.07 Å². The van der Waals surface area contributed by atoms with Crippen molar-refractivity contribution >= 4 is 5.69 Å². The van der Waals surface area contributed by atoms with E-state index in [1.54, 1.807) is 0 Å². The third-order valence-electron chi connectivity index (χ3n) is 1.54. The van der Waals surface area contributed by atoms with Crippen molar-refractivity contribution in [3.8, 4) is 5.75 Å². The lowest BCUT2D eigenvalue weighted by molar-refractivity contribution is -0.186. The highest BCUT2D eigenvalue weighted by atomic mass is 19.4. The van der Waals surface area contributed by atoms with Crippen molar-refractivity contribution in [1.82, 2.24) is 0 Å². The van der Waals surface area contributed by atoms with E-state index in [9.17, 15) is 17.6 Å². The van der Waals surface area contributed by atoms with Gasteiger partial charge in [-0.15, -0.1) is 0 Å². The first-order chi connectivity index (χ1) is 7.38. The third kappa shape index (κ3) is 4.35. The Hall–Kier alpha value is -1.50. The van der Waals surface area contributed by atoms with E-state index in [0.29, 0.717) is 0 Å². The Kier molecular flexibility index (Phi) is 3.94. The molecule has 0 aromatic heterocycles. The molecule has 0 saturated carbocycles. The second-order valence-corrected chi connectivity index (χ2v) is 2.91. The molecule has 7 heteroatoms. The zero-order chi connectivity index (χ0) is 12.2. The van der Waals surface area contributed by atoms with Gasteiger partial charge in [-0.1, -0.05) is 0 Å². The van der Waals surface area contributed by atoms with Crippen LogP contribution in [0.25, 0.3) is 0 Å². The number of benzene rings is 1. The maximum Gasteiger partial charge on any atom is 0.411 e. The smallest absolute Gasteiger partial charge is 0.411 e. The summed E-state index contributed by atoms with van der Waals surface area (Å²) in [4.78, 5) is 0. The van der Waals surface area contributed by atoms with Gasteiger partial charge >= 0.3 is 6.18 Å². The van der Waals surface area contributed by atoms with Gasteiger partial charge in [-0.3, -0.25) is 0 Å². The summed E-state index contributed by atoms with van der Waals surface area (Å²) in [5.74, 6) is -0.482. The van der Waals surface area contributed by atoms with Crippen molar-refractivity contribution in [2.45, 2.75) is 6.18 Å². The van der Waals surface area contributed by atoms with Crippen LogP contribution in [0.1, 0.15) is 0 Å². The molecule has 0 spiro atoms. The molecule has 0 aliphatic rings. The summed E-state index contributed by atoms with van der Waals surface area (Å²) >= 11 is 0. The van der Waals surface area contributed by atoms with Crippen LogP contribution < -0.4 is 10.5 Å². The molecular formula is C9H9F4NO2. The molecule has 0 unspecified atom stereocenters. The molecule has 0 amide bonds. The first-order valence-corrected chi connectivity index (χ1v) is 4.21. The van der Waals surface area contributed by atoms with Gasteiger partial charge in [-0.05, 0) is 12.1 Å². The van der Waals surface area contributed by atoms with Crippen LogP contribution in [0.4, 0.5) is 23.2 Å². The topological polar surface area (TPSA) is 44.5 Å². The van der Waals surface area contributed by atoms with E-state index in [0.717, 1.165) is 12.1 Å². The SMILES string of the molecule is Nc1cc(F)ccc1OCOCC(F)(F)F. The van der Waals surface area contributed by atoms with Gasteiger partial charge in [-0.25, -0.2) is 4.39 Å². The van der Waals surface area contributed by atoms with Gasteiger partial charge in [0.15, 0.2) is 6.79 Å². The van der Waals surface area contributed by atoms with E-state index in [4.69, 9.17) is 10.5 Å². The fourth-order valence-corrected chi connectivity index (χ4v) is 0.913. The molecule has 0 radical (unpaired) electrons. The van der Waals surface area contributed by atoms with E-state index in [1.807, 2.05) is 0 Å². The molecule has 1 aromatic rings. The van der Waals surface area contributed by atoms with E-state index >= 15 is 0 Å². The van der Waals surface area contributed by atoms with Crippen molar-refractivity contribution in [1.29, 1.82) is 0 Å². The average Bonchev–Trinajstić information content (AvgIpc) is 2.13. The molecule has 16 heavy (non-hydrogen) atoms. The van der Waals surface area contributed by atoms with E-state index in [-0.39, 0.29) is 11.4 Å². The lowest BCUT2D eigenvalue weighted by Gasteiger charge is -2.10. The Morgan fingerprint density at radius 1 is 1.25 bits per heavy atom. The van der Waals surface area contributed by atoms with Gasteiger partial charge in [0.2, 0.25) is 0 Å². The fourth-order valence-electron chi connectivity index (χ4n) is 0.913. The van der Waals surface area contributed by atoms with E-state index < -0.39 is 25.4 Å². The molecule has 0 bridgehead atoms. The van der Waals surface area contributed by atoms with Gasteiger partial charge in [0.25, 0.3) is 0 Å². The minimum atomic E-state index is -4.41. The molecule has 0 saturated heterocycles. The van der Waals surface area contributed by atoms with Gasteiger partial charge in [0.1, 0.15) is 18.2 Å². The molecule has 0 atom stereocenters. The van der Waals surface area contributed by atoms with Crippen LogP contribution in [0, 0.1) is 5.82 Å². The average molecular weight is 239 g/mol. The van der Waals surface area contributed by atoms with Crippen LogP contribution in [0.15, 0.2) is 18.2 Å². The highest BCUT2D eigenvalue weighted by Crippen LogP contribution is 2.22. The summed E-state index contributed by atoms with van der Waals surface area (Å²) in [6.45, 7) is -2.01. The Labute approximate surface area is 88.8 Å². The minimum Gasteiger partial charge on any atom is -0.465 e. The molecule has 0 aliphatic carbocycles. The number of alkyl halides is 3. The minimum absolute atomic E-state index is 0.00407. The predicted octanol–water partition coefficient (Wildman–Crippen LogP) is 2.32. The second-order valence-electron chi connectivity index (χ2n) is 2.91. The Morgan fingerprint density at radius 3 is 2.50 bits per heavy atom. The second kappa shape index (κ2) is 5.02. The number of hydrogen-bond donors (Lipinski definition) is 1. The van der Waals surface area contributed by atoms with Crippen LogP contribution in [-0.2, 0) is 4.74 Å². The predicted molar refractivity (Wildman–Crippen MR) is 48.3 cm³/mol. The zero-order valence-corrected chi connectivity index (χ0v) is 8.05. The van der Waals surface area contributed by atoms with Crippen molar-refractivity contribution in [2.75, 3.05) is 19.1 Å². The van der Waals surface area contributed by atoms with Gasteiger partial charge in [-0.2, -0.15) is 13.2 Å². The summed E-state index contributed by atoms with van der Waals surface area (Å²) < 4.78 is 56.5. The highest BCUT2D eigenvalue weighted by Gasteiger charge is 2.27. The highest BCUT2D eigenvalue weighted by molar-refractivity contribution is 5.52. The zero-order valence-electron chi connectivity index (χ0n) is 8.05. The van der Waals surface area contributed by atoms with Crippen molar-refractivity contribution in [3.63, 3.8) is 0 Å². The summed E-state index contributed by atoms with van der Waals surface area (Å²) in [5, 5.41) is 0. The molecule has 0 fully saturated rings. The normalized spacial score (nSPS) is 11.5. The lowest BCUT2D eigenvalue weighted by Crippen LogP contribution is -2.19. The molecule has 1 rings (SSSR count). The summed E-state index contributed by atoms with van der Waals surface area (Å²) in [6.07, 6.45) is -4.41. The van der Waals surface area contributed by atoms with Crippen LogP contribution in [0.5, 0.6) is 5.75 Å². The molecule has 0 aliphatic heterocycles. The quantitative estimate of drug-likeness (QED) is 0.379. The van der Waals surface area contributed by atoms with Crippen molar-refractivity contribution in [2.24, 2.45) is 0 Å². The van der Waals surface area contributed by atoms with Crippen LogP contribution in [0.2, 0.25) is 0 Å². The molecule has 2 N–H and O–H groups in total. The Morgan fingerprint density at radius 2 is 1.94 bits per heavy atom. The third-order valence-corrected chi connectivity index (χ3v) is 1.54. The summed E-state index contributed by atoms with van der Waals surface area (Å²) in [5.41, 5.74) is 5.34. The largest absolute Gasteiger partial charge is 0.465 e. The van der Waals surface area contributed by atoms with Gasteiger partial charge in [0.05, 0.1) is 5.69 Å². The maximum absolute atomic E-state index is 12.6. The number of nitrogens with two attached hydrogens (primary N) is 1. The van der Waals surface area contributed by atoms with Crippen molar-refractivity contribution < 1.29 is 27.0 Å². The number of hydrogen-bond acceptors (Lipinski definition) is 3. The van der Waals surface area contributed by atoms with E-state index in [1.165, 1.54) is 6.07 Å². The lowest BCUT2D eigenvalue weighted by atomic mass is 10.3. The standard InChI is InChI=1S/C9H9F4NO2/c10-6-1-2-8(7(14)3-6)16-5-15-4-9(11,12)13/h1-3H,4-5,14H2.